The predicted octanol–water partition coefficient (Wildman–Crippen LogP) is 5.63. The van der Waals surface area contributed by atoms with Gasteiger partial charge in [0, 0.05) is 27.4 Å². The number of nitrogens with one attached hydrogen (secondary N) is 1. The van der Waals surface area contributed by atoms with Crippen LogP contribution in [0.15, 0.2) is 29.3 Å². The summed E-state index contributed by atoms with van der Waals surface area (Å²) in [6.07, 6.45) is 4.61. The zero-order valence-electron chi connectivity index (χ0n) is 17.4. The molecule has 1 N–H and O–H groups in total. The lowest BCUT2D eigenvalue weighted by Gasteiger charge is -2.13. The third-order valence-corrected chi connectivity index (χ3v) is 7.37. The van der Waals surface area contributed by atoms with E-state index in [1.54, 1.807) is 35.6 Å². The van der Waals surface area contributed by atoms with Gasteiger partial charge in [0.05, 0.1) is 5.75 Å². The van der Waals surface area contributed by atoms with E-state index >= 15 is 0 Å². The highest BCUT2D eigenvalue weighted by Gasteiger charge is 2.22. The number of aryl methyl sites for hydroxylation is 2. The monoisotopic (exact) mass is 439 g/mol. The first kappa shape index (κ1) is 21.0. The molecule has 0 spiro atoms. The molecule has 1 aliphatic rings. The van der Waals surface area contributed by atoms with Crippen LogP contribution < -0.4 is 5.32 Å². The summed E-state index contributed by atoms with van der Waals surface area (Å²) < 4.78 is 0. The molecule has 0 fully saturated rings. The molecule has 30 heavy (non-hydrogen) atoms. The van der Waals surface area contributed by atoms with Gasteiger partial charge in [0.1, 0.15) is 15.7 Å². The number of anilines is 1. The van der Waals surface area contributed by atoms with Gasteiger partial charge in [-0.3, -0.25) is 9.59 Å². The molecule has 0 saturated carbocycles. The fourth-order valence-corrected chi connectivity index (χ4v) is 5.84. The number of thiophene rings is 1. The van der Waals surface area contributed by atoms with E-state index in [1.165, 1.54) is 42.0 Å². The number of carbonyl (C=O) groups excluding carboxylic acids is 2. The Kier molecular flexibility index (Phi) is 6.20. The third-order valence-electron chi connectivity index (χ3n) is 5.21. The summed E-state index contributed by atoms with van der Waals surface area (Å²) in [4.78, 5) is 36.3. The zero-order valence-corrected chi connectivity index (χ0v) is 19.1. The number of nitrogens with zero attached hydrogens (tertiary/aromatic N) is 2. The van der Waals surface area contributed by atoms with Gasteiger partial charge < -0.3 is 5.32 Å². The van der Waals surface area contributed by atoms with Gasteiger partial charge in [0.15, 0.2) is 5.78 Å². The summed E-state index contributed by atoms with van der Waals surface area (Å²) in [5, 5.41) is 4.96. The highest BCUT2D eigenvalue weighted by molar-refractivity contribution is 8.00. The Morgan fingerprint density at radius 3 is 2.77 bits per heavy atom. The van der Waals surface area contributed by atoms with Crippen LogP contribution in [0.5, 0.6) is 0 Å². The van der Waals surface area contributed by atoms with Gasteiger partial charge in [-0.15, -0.1) is 11.3 Å². The number of amides is 1. The van der Waals surface area contributed by atoms with Crippen molar-refractivity contribution in [2.75, 3.05) is 11.1 Å². The van der Waals surface area contributed by atoms with Gasteiger partial charge in [-0.05, 0) is 50.3 Å². The molecule has 0 radical (unpaired) electrons. The van der Waals surface area contributed by atoms with Crippen LogP contribution in [0.1, 0.15) is 66.2 Å². The number of Topliss-reactive ketones (excluding diaryl/α,β-unsaturated/α-hetero) is 1. The maximum Gasteiger partial charge on any atom is 0.234 e. The maximum atomic E-state index is 12.6. The van der Waals surface area contributed by atoms with Crippen molar-refractivity contribution in [2.45, 2.75) is 57.4 Å². The molecule has 0 atom stereocenters. The van der Waals surface area contributed by atoms with E-state index in [1.807, 2.05) is 0 Å². The molecule has 2 heterocycles. The first-order valence-electron chi connectivity index (χ1n) is 10.3. The largest absolute Gasteiger partial charge is 0.325 e. The Morgan fingerprint density at radius 2 is 2.00 bits per heavy atom. The maximum absolute atomic E-state index is 12.6. The van der Waals surface area contributed by atoms with E-state index in [4.69, 9.17) is 9.97 Å². The van der Waals surface area contributed by atoms with Crippen molar-refractivity contribution in [2.24, 2.45) is 0 Å². The number of fused-ring (bicyclic) bond motifs is 3. The Bertz CT molecular complexity index is 1120. The lowest BCUT2D eigenvalue weighted by atomic mass is 9.97. The van der Waals surface area contributed by atoms with Crippen LogP contribution in [0.4, 0.5) is 5.69 Å². The Hall–Kier alpha value is -2.25. The summed E-state index contributed by atoms with van der Waals surface area (Å²) in [5.41, 5.74) is 2.61. The van der Waals surface area contributed by atoms with E-state index in [0.717, 1.165) is 33.9 Å². The van der Waals surface area contributed by atoms with E-state index < -0.39 is 0 Å². The minimum atomic E-state index is -0.109. The van der Waals surface area contributed by atoms with Crippen molar-refractivity contribution in [1.29, 1.82) is 0 Å². The molecular weight excluding hydrogens is 414 g/mol. The minimum Gasteiger partial charge on any atom is -0.325 e. The lowest BCUT2D eigenvalue weighted by molar-refractivity contribution is -0.113. The Labute approximate surface area is 184 Å². The zero-order chi connectivity index (χ0) is 21.3. The Balaban J connectivity index is 1.57. The number of carbonyl (C=O) groups is 2. The lowest BCUT2D eigenvalue weighted by Crippen LogP contribution is -2.14. The molecule has 0 unspecified atom stereocenters. The molecule has 1 aromatic carbocycles. The molecule has 0 aliphatic heterocycles. The van der Waals surface area contributed by atoms with Crippen molar-refractivity contribution in [3.8, 4) is 0 Å². The fourth-order valence-electron chi connectivity index (χ4n) is 3.65. The van der Waals surface area contributed by atoms with Crippen LogP contribution in [0.25, 0.3) is 10.2 Å². The number of hydrogen-bond donors (Lipinski definition) is 1. The van der Waals surface area contributed by atoms with Crippen LogP contribution in [0.3, 0.4) is 0 Å². The quantitative estimate of drug-likeness (QED) is 0.306. The minimum absolute atomic E-state index is 0.0210. The second-order valence-electron chi connectivity index (χ2n) is 7.91. The van der Waals surface area contributed by atoms with Crippen LogP contribution >= 0.6 is 23.1 Å². The average Bonchev–Trinajstić information content (AvgIpc) is 3.10. The van der Waals surface area contributed by atoms with E-state index in [0.29, 0.717) is 11.3 Å². The fraction of sp³-hybridized carbons (Fsp3) is 0.391. The molecule has 0 bridgehead atoms. The summed E-state index contributed by atoms with van der Waals surface area (Å²) >= 11 is 3.26. The molecule has 1 amide bonds. The number of hydrogen-bond acceptors (Lipinski definition) is 6. The Morgan fingerprint density at radius 1 is 1.20 bits per heavy atom. The van der Waals surface area contributed by atoms with Crippen LogP contribution in [-0.4, -0.2) is 27.4 Å². The second kappa shape index (κ2) is 8.86. The highest BCUT2D eigenvalue weighted by atomic mass is 32.2. The SMILES string of the molecule is CC(=O)c1cccc(NC(=O)CSc2nc(C(C)C)nc3sc4c(c23)CCCC4)c1. The predicted molar refractivity (Wildman–Crippen MR) is 124 cm³/mol. The molecule has 4 rings (SSSR count). The van der Waals surface area contributed by atoms with Crippen molar-refractivity contribution >= 4 is 50.7 Å². The van der Waals surface area contributed by atoms with Gasteiger partial charge in [0.2, 0.25) is 5.91 Å². The van der Waals surface area contributed by atoms with E-state index in [-0.39, 0.29) is 23.4 Å². The standard InChI is InChI=1S/C23H25N3O2S2/c1-13(2)21-25-22(20-17-9-4-5-10-18(17)30-23(20)26-21)29-12-19(28)24-16-8-6-7-15(11-16)14(3)27/h6-8,11,13H,4-5,9-10,12H2,1-3H3,(H,24,28). The van der Waals surface area contributed by atoms with Gasteiger partial charge in [-0.1, -0.05) is 37.7 Å². The number of thioether (sulfide) groups is 1. The molecule has 1 aliphatic carbocycles. The molecule has 0 saturated heterocycles. The summed E-state index contributed by atoms with van der Waals surface area (Å²) in [6.45, 7) is 5.71. The number of ketones is 1. The van der Waals surface area contributed by atoms with E-state index in [2.05, 4.69) is 19.2 Å². The molecule has 7 heteroatoms. The summed E-state index contributed by atoms with van der Waals surface area (Å²) in [5.74, 6) is 1.20. The van der Waals surface area contributed by atoms with Gasteiger partial charge in [-0.2, -0.15) is 0 Å². The number of benzene rings is 1. The van der Waals surface area contributed by atoms with Crippen molar-refractivity contribution < 1.29 is 9.59 Å². The average molecular weight is 440 g/mol. The van der Waals surface area contributed by atoms with E-state index in [9.17, 15) is 9.59 Å². The van der Waals surface area contributed by atoms with Crippen molar-refractivity contribution in [3.05, 3.63) is 46.1 Å². The first-order valence-corrected chi connectivity index (χ1v) is 12.1. The second-order valence-corrected chi connectivity index (χ2v) is 9.95. The van der Waals surface area contributed by atoms with Gasteiger partial charge >= 0.3 is 0 Å². The number of rotatable bonds is 6. The summed E-state index contributed by atoms with van der Waals surface area (Å²) in [6, 6.07) is 7.03. The molecule has 3 aromatic rings. The van der Waals surface area contributed by atoms with Crippen molar-refractivity contribution in [1.82, 2.24) is 9.97 Å². The van der Waals surface area contributed by atoms with Gasteiger partial charge in [-0.25, -0.2) is 9.97 Å². The molecular formula is C23H25N3O2S2. The molecule has 2 aromatic heterocycles. The molecule has 5 nitrogen and oxygen atoms in total. The third kappa shape index (κ3) is 4.42. The van der Waals surface area contributed by atoms with Crippen LogP contribution in [0, 0.1) is 0 Å². The van der Waals surface area contributed by atoms with Crippen LogP contribution in [0.2, 0.25) is 0 Å². The smallest absolute Gasteiger partial charge is 0.234 e. The van der Waals surface area contributed by atoms with Gasteiger partial charge in [0.25, 0.3) is 0 Å². The first-order chi connectivity index (χ1) is 14.4. The number of aromatic nitrogens is 2. The topological polar surface area (TPSA) is 72.0 Å². The summed E-state index contributed by atoms with van der Waals surface area (Å²) in [7, 11) is 0. The highest BCUT2D eigenvalue weighted by Crippen LogP contribution is 2.40. The van der Waals surface area contributed by atoms with Crippen molar-refractivity contribution in [3.63, 3.8) is 0 Å². The normalized spacial score (nSPS) is 13.5. The molecule has 156 valence electrons. The van der Waals surface area contributed by atoms with Crippen LogP contribution in [-0.2, 0) is 17.6 Å².